The van der Waals surface area contributed by atoms with Gasteiger partial charge in [-0.1, -0.05) is 310 Å². The fraction of sp³-hybridized carbons (Fsp3) is 0.321. The van der Waals surface area contributed by atoms with Gasteiger partial charge in [0.2, 0.25) is 0 Å². The second-order valence-electron chi connectivity index (χ2n) is 23.1. The molecule has 4 aliphatic carbocycles. The van der Waals surface area contributed by atoms with E-state index in [1.807, 2.05) is 13.8 Å². The summed E-state index contributed by atoms with van der Waals surface area (Å²) in [4.78, 5) is 4.48. The Bertz CT molecular complexity index is 3070. The number of fused-ring (bicyclic) bond motifs is 6. The van der Waals surface area contributed by atoms with Gasteiger partial charge in [-0.15, -0.1) is 0 Å². The first-order chi connectivity index (χ1) is 40.8. The predicted octanol–water partition coefficient (Wildman–Crippen LogP) is 24.0. The van der Waals surface area contributed by atoms with Gasteiger partial charge in [-0.2, -0.15) is 0 Å². The second-order valence-corrected chi connectivity index (χ2v) is 23.1. The highest BCUT2D eigenvalue weighted by Crippen LogP contribution is 2.39. The van der Waals surface area contributed by atoms with Crippen LogP contribution >= 0.6 is 0 Å². The third-order valence-corrected chi connectivity index (χ3v) is 17.4. The summed E-state index contributed by atoms with van der Waals surface area (Å²) in [5.74, 6) is 2.43. The molecule has 14 rings (SSSR count). The molecular formula is C81H95N2. The third-order valence-electron chi connectivity index (χ3n) is 17.4. The lowest BCUT2D eigenvalue weighted by Gasteiger charge is -2.24. The summed E-state index contributed by atoms with van der Waals surface area (Å²) in [7, 11) is 4.23. The van der Waals surface area contributed by atoms with Gasteiger partial charge < -0.3 is 9.80 Å². The Morgan fingerprint density at radius 1 is 0.373 bits per heavy atom. The zero-order valence-corrected chi connectivity index (χ0v) is 51.5. The zero-order chi connectivity index (χ0) is 58.0. The number of aryl methyl sites for hydroxylation is 2. The van der Waals surface area contributed by atoms with E-state index in [-0.39, 0.29) is 0 Å². The summed E-state index contributed by atoms with van der Waals surface area (Å²) in [5, 5.41) is 2.75. The molecule has 2 heteroatoms. The number of para-hydroxylation sites is 4. The molecule has 83 heavy (non-hydrogen) atoms. The van der Waals surface area contributed by atoms with Crippen molar-refractivity contribution in [3.8, 4) is 11.1 Å². The van der Waals surface area contributed by atoms with Crippen molar-refractivity contribution in [1.82, 2.24) is 0 Å². The minimum absolute atomic E-state index is 0.762. The van der Waals surface area contributed by atoms with E-state index in [2.05, 4.69) is 282 Å². The number of rotatable bonds is 2. The lowest BCUT2D eigenvalue weighted by atomic mass is 9.81. The SMILES string of the molecule is C1CCCCCC1.CC.CC1CCCCC2=CC=C[CH]C21.CN1c2ccccc2C=Cc2ccccc21.CN1c2ccccc2C=Cc2ccccc21.Cc1cccc2cccc(C)c12.c1ccc(-c2ccc(C3CCCCC3)cc2)cc1. The van der Waals surface area contributed by atoms with Gasteiger partial charge in [-0.25, -0.2) is 0 Å². The summed E-state index contributed by atoms with van der Waals surface area (Å²) in [6, 6.07) is 66.5. The molecular weight excluding hydrogens is 1000 g/mol. The lowest BCUT2D eigenvalue weighted by molar-refractivity contribution is 0.439. The third kappa shape index (κ3) is 17.6. The molecule has 0 amide bonds. The quantitative estimate of drug-likeness (QED) is 0.159. The molecule has 0 saturated heterocycles. The Morgan fingerprint density at radius 2 is 0.771 bits per heavy atom. The summed E-state index contributed by atoms with van der Waals surface area (Å²) in [5.41, 5.74) is 18.7. The van der Waals surface area contributed by atoms with Crippen molar-refractivity contribution in [2.45, 2.75) is 143 Å². The largest absolute Gasteiger partial charge is 0.344 e. The molecule has 0 bridgehead atoms. The predicted molar refractivity (Wildman–Crippen MR) is 367 cm³/mol. The van der Waals surface area contributed by atoms with E-state index in [4.69, 9.17) is 0 Å². The van der Waals surface area contributed by atoms with Crippen molar-refractivity contribution in [1.29, 1.82) is 0 Å². The van der Waals surface area contributed by atoms with Crippen LogP contribution in [0.5, 0.6) is 0 Å². The van der Waals surface area contributed by atoms with Crippen LogP contribution in [0.1, 0.15) is 168 Å². The second kappa shape index (κ2) is 33.0. The maximum Gasteiger partial charge on any atom is 0.0481 e. The number of nitrogens with zero attached hydrogens (tertiary/aromatic N) is 2. The molecule has 0 aromatic heterocycles. The van der Waals surface area contributed by atoms with E-state index in [1.54, 1.807) is 5.57 Å². The molecule has 3 saturated carbocycles. The molecule has 2 atom stereocenters. The molecule has 429 valence electrons. The average Bonchev–Trinajstić information content (AvgIpc) is 4.35. The molecule has 2 aliphatic heterocycles. The summed E-state index contributed by atoms with van der Waals surface area (Å²) in [6.45, 7) is 10.7. The Balaban J connectivity index is 0.000000132. The fourth-order valence-corrected chi connectivity index (χ4v) is 12.7. The van der Waals surface area contributed by atoms with Gasteiger partial charge in [-0.05, 0) is 149 Å². The molecule has 2 heterocycles. The minimum Gasteiger partial charge on any atom is -0.344 e. The molecule has 3 fully saturated rings. The van der Waals surface area contributed by atoms with Crippen LogP contribution in [-0.2, 0) is 0 Å². The van der Waals surface area contributed by atoms with Crippen molar-refractivity contribution in [2.75, 3.05) is 23.9 Å². The van der Waals surface area contributed by atoms with Crippen LogP contribution in [-0.4, -0.2) is 14.1 Å². The fourth-order valence-electron chi connectivity index (χ4n) is 12.7. The van der Waals surface area contributed by atoms with Gasteiger partial charge >= 0.3 is 0 Å². The van der Waals surface area contributed by atoms with Gasteiger partial charge in [0.05, 0.1) is 0 Å². The summed E-state index contributed by atoms with van der Waals surface area (Å²) in [6.07, 6.45) is 40.9. The number of benzene rings is 8. The van der Waals surface area contributed by atoms with Gasteiger partial charge in [0.1, 0.15) is 0 Å². The Morgan fingerprint density at radius 3 is 1.22 bits per heavy atom. The highest BCUT2D eigenvalue weighted by molar-refractivity contribution is 5.90. The first kappa shape index (κ1) is 61.6. The number of hydrogen-bond donors (Lipinski definition) is 0. The van der Waals surface area contributed by atoms with Crippen molar-refractivity contribution in [3.05, 3.63) is 257 Å². The Labute approximate surface area is 502 Å². The first-order valence-corrected chi connectivity index (χ1v) is 31.8. The highest BCUT2D eigenvalue weighted by Gasteiger charge is 2.24. The normalized spacial score (nSPS) is 17.3. The molecule has 1 radical (unpaired) electrons. The highest BCUT2D eigenvalue weighted by atomic mass is 15.1. The van der Waals surface area contributed by atoms with E-state index in [0.29, 0.717) is 0 Å². The zero-order valence-electron chi connectivity index (χ0n) is 51.5. The van der Waals surface area contributed by atoms with Crippen molar-refractivity contribution >= 4 is 57.8 Å². The van der Waals surface area contributed by atoms with E-state index < -0.39 is 0 Å². The van der Waals surface area contributed by atoms with Crippen LogP contribution in [0.4, 0.5) is 22.7 Å². The van der Waals surface area contributed by atoms with Crippen molar-refractivity contribution in [2.24, 2.45) is 11.8 Å². The summed E-state index contributed by atoms with van der Waals surface area (Å²) >= 11 is 0. The van der Waals surface area contributed by atoms with Gasteiger partial charge in [-0.3, -0.25) is 0 Å². The van der Waals surface area contributed by atoms with Crippen LogP contribution in [0.25, 0.3) is 46.2 Å². The van der Waals surface area contributed by atoms with E-state index >= 15 is 0 Å². The maximum atomic E-state index is 2.39. The van der Waals surface area contributed by atoms with Crippen LogP contribution in [0, 0.1) is 32.1 Å². The van der Waals surface area contributed by atoms with E-state index in [1.165, 1.54) is 186 Å². The summed E-state index contributed by atoms with van der Waals surface area (Å²) < 4.78 is 0. The Kier molecular flexibility index (Phi) is 24.5. The van der Waals surface area contributed by atoms with Gasteiger partial charge in [0.25, 0.3) is 0 Å². The minimum atomic E-state index is 0.762. The van der Waals surface area contributed by atoms with Crippen LogP contribution in [0.15, 0.2) is 212 Å². The van der Waals surface area contributed by atoms with Crippen LogP contribution < -0.4 is 9.80 Å². The van der Waals surface area contributed by atoms with Gasteiger partial charge in [0.15, 0.2) is 0 Å². The standard InChI is InChI=1S/C18H20.2C15H13N.C12H12.C12H17.C7H14.C2H6/c1-3-7-15(8-4-1)17-11-13-18(14-12-17)16-9-5-2-6-10-16;2*1-16-14-8-4-2-6-12(14)10-11-13-7-3-5-9-15(13)16;1-9-5-3-7-11-8-4-6-10(2)12(9)11;1-10-6-2-3-7-11-8-4-5-9-12(10)11;1-2-4-6-7-5-3-1;1-2/h1,3-4,7-8,11-14,16H,2,5-6,9-10H2;2*2-11H,1H3;3-8H,1-2H3;4-5,8-10,12H,2-3,6-7H2,1H3;1-7H2;1-2H3. The molecule has 2 unspecified atom stereocenters. The molecule has 2 nitrogen and oxygen atoms in total. The van der Waals surface area contributed by atoms with Crippen molar-refractivity contribution in [3.63, 3.8) is 0 Å². The molecule has 0 spiro atoms. The molecule has 0 N–H and O–H groups in total. The number of anilines is 4. The smallest absolute Gasteiger partial charge is 0.0481 e. The lowest BCUT2D eigenvalue weighted by Crippen LogP contribution is -2.13. The molecule has 8 aromatic rings. The van der Waals surface area contributed by atoms with Crippen LogP contribution in [0.2, 0.25) is 0 Å². The first-order valence-electron chi connectivity index (χ1n) is 31.8. The van der Waals surface area contributed by atoms with Crippen molar-refractivity contribution < 1.29 is 0 Å². The number of hydrogen-bond acceptors (Lipinski definition) is 2. The van der Waals surface area contributed by atoms with Gasteiger partial charge in [0, 0.05) is 36.8 Å². The van der Waals surface area contributed by atoms with E-state index in [9.17, 15) is 0 Å². The molecule has 6 aliphatic rings. The average molecular weight is 1100 g/mol. The maximum absolute atomic E-state index is 2.39. The van der Waals surface area contributed by atoms with E-state index in [0.717, 1.165) is 17.8 Å². The Hall–Kier alpha value is -7.42. The molecule has 8 aromatic carbocycles. The van der Waals surface area contributed by atoms with Crippen LogP contribution in [0.3, 0.4) is 0 Å². The number of allylic oxidation sites excluding steroid dienone is 4. The monoisotopic (exact) mass is 1100 g/mol. The topological polar surface area (TPSA) is 6.48 Å².